The Morgan fingerprint density at radius 1 is 0.895 bits per heavy atom. The lowest BCUT2D eigenvalue weighted by Gasteiger charge is -2.14. The number of benzene rings is 2. The van der Waals surface area contributed by atoms with E-state index in [-0.39, 0.29) is 0 Å². The van der Waals surface area contributed by atoms with Crippen LogP contribution in [0.15, 0.2) is 42.5 Å². The molecule has 0 aliphatic carbocycles. The first-order valence-electron chi connectivity index (χ1n) is 6.13. The van der Waals surface area contributed by atoms with E-state index in [1.54, 1.807) is 14.2 Å². The van der Waals surface area contributed by atoms with Crippen molar-refractivity contribution in [3.05, 3.63) is 57.2 Å². The van der Waals surface area contributed by atoms with Crippen LogP contribution in [0.2, 0.25) is 0 Å². The van der Waals surface area contributed by atoms with Crippen molar-refractivity contribution in [1.82, 2.24) is 0 Å². The minimum atomic E-state index is 0.352. The number of ether oxygens (including phenoxy) is 2. The molecule has 0 bridgehead atoms. The van der Waals surface area contributed by atoms with E-state index in [2.05, 4.69) is 53.8 Å². The molecule has 0 aliphatic rings. The second-order valence-corrected chi connectivity index (χ2v) is 5.55. The molecule has 0 amide bonds. The molecule has 2 aromatic carbocycles. The molecule has 3 heteroatoms. The monoisotopic (exact) mass is 368 g/mol. The van der Waals surface area contributed by atoms with Crippen LogP contribution in [-0.4, -0.2) is 14.2 Å². The Labute approximate surface area is 127 Å². The van der Waals surface area contributed by atoms with E-state index in [9.17, 15) is 0 Å². The van der Waals surface area contributed by atoms with Crippen molar-refractivity contribution in [3.8, 4) is 11.5 Å². The molecule has 2 rings (SSSR count). The van der Waals surface area contributed by atoms with Crippen LogP contribution < -0.4 is 9.47 Å². The molecule has 0 radical (unpaired) electrons. The average Bonchev–Trinajstić information content (AvgIpc) is 2.46. The zero-order chi connectivity index (χ0) is 13.8. The van der Waals surface area contributed by atoms with E-state index in [0.717, 1.165) is 15.1 Å². The highest BCUT2D eigenvalue weighted by molar-refractivity contribution is 14.1. The highest BCUT2D eigenvalue weighted by atomic mass is 127. The van der Waals surface area contributed by atoms with Gasteiger partial charge in [-0.2, -0.15) is 0 Å². The lowest BCUT2D eigenvalue weighted by Crippen LogP contribution is -1.98. The van der Waals surface area contributed by atoms with Crippen molar-refractivity contribution in [2.75, 3.05) is 14.2 Å². The molecule has 2 aromatic rings. The zero-order valence-electron chi connectivity index (χ0n) is 11.3. The summed E-state index contributed by atoms with van der Waals surface area (Å²) in [4.78, 5) is 0. The largest absolute Gasteiger partial charge is 0.497 e. The summed E-state index contributed by atoms with van der Waals surface area (Å²) in [5.74, 6) is 2.16. The van der Waals surface area contributed by atoms with Crippen molar-refractivity contribution in [2.45, 2.75) is 12.8 Å². The van der Waals surface area contributed by atoms with E-state index in [0.29, 0.717) is 5.92 Å². The minimum absolute atomic E-state index is 0.352. The van der Waals surface area contributed by atoms with Crippen LogP contribution in [-0.2, 0) is 0 Å². The molecule has 1 unspecified atom stereocenters. The summed E-state index contributed by atoms with van der Waals surface area (Å²) in [6, 6.07) is 14.5. The summed E-state index contributed by atoms with van der Waals surface area (Å²) >= 11 is 2.31. The third-order valence-electron chi connectivity index (χ3n) is 3.29. The van der Waals surface area contributed by atoms with Gasteiger partial charge in [-0.05, 0) is 58.0 Å². The van der Waals surface area contributed by atoms with Gasteiger partial charge in [0.25, 0.3) is 0 Å². The number of hydrogen-bond donors (Lipinski definition) is 0. The van der Waals surface area contributed by atoms with Gasteiger partial charge in [-0.25, -0.2) is 0 Å². The predicted octanol–water partition coefficient (Wildman–Crippen LogP) is 4.46. The van der Waals surface area contributed by atoms with Crippen molar-refractivity contribution in [2.24, 2.45) is 0 Å². The summed E-state index contributed by atoms with van der Waals surface area (Å²) in [6.07, 6.45) is 0. The van der Waals surface area contributed by atoms with Gasteiger partial charge < -0.3 is 9.47 Å². The Balaban J connectivity index is 2.27. The fourth-order valence-electron chi connectivity index (χ4n) is 2.04. The first kappa shape index (κ1) is 14.2. The maximum atomic E-state index is 5.29. The van der Waals surface area contributed by atoms with Gasteiger partial charge in [-0.1, -0.05) is 25.1 Å². The first-order valence-corrected chi connectivity index (χ1v) is 7.21. The Hall–Kier alpha value is -1.23. The highest BCUT2D eigenvalue weighted by Gasteiger charge is 2.10. The smallest absolute Gasteiger partial charge is 0.132 e. The van der Waals surface area contributed by atoms with Crippen molar-refractivity contribution < 1.29 is 9.47 Å². The van der Waals surface area contributed by atoms with Crippen LogP contribution in [0, 0.1) is 3.57 Å². The summed E-state index contributed by atoms with van der Waals surface area (Å²) in [7, 11) is 3.38. The lowest BCUT2D eigenvalue weighted by molar-refractivity contribution is 0.411. The average molecular weight is 368 g/mol. The number of methoxy groups -OCH3 is 2. The molecule has 1 atom stereocenters. The van der Waals surface area contributed by atoms with Gasteiger partial charge in [0.1, 0.15) is 11.5 Å². The molecule has 0 aromatic heterocycles. The minimum Gasteiger partial charge on any atom is -0.497 e. The van der Waals surface area contributed by atoms with Gasteiger partial charge in [-0.3, -0.25) is 0 Å². The normalized spacial score (nSPS) is 12.0. The van der Waals surface area contributed by atoms with E-state index in [1.165, 1.54) is 11.1 Å². The number of rotatable bonds is 4. The van der Waals surface area contributed by atoms with Crippen LogP contribution in [0.3, 0.4) is 0 Å². The van der Waals surface area contributed by atoms with Crippen molar-refractivity contribution in [3.63, 3.8) is 0 Å². The Bertz CT molecular complexity index is 549. The van der Waals surface area contributed by atoms with Gasteiger partial charge in [-0.15, -0.1) is 0 Å². The molecule has 0 aliphatic heterocycles. The first-order chi connectivity index (χ1) is 9.15. The summed E-state index contributed by atoms with van der Waals surface area (Å²) in [5.41, 5.74) is 2.57. The molecule has 0 heterocycles. The van der Waals surface area contributed by atoms with Gasteiger partial charge in [0, 0.05) is 5.92 Å². The molecular weight excluding hydrogens is 351 g/mol. The van der Waals surface area contributed by atoms with Crippen LogP contribution in [0.25, 0.3) is 0 Å². The van der Waals surface area contributed by atoms with Crippen molar-refractivity contribution >= 4 is 22.6 Å². The quantitative estimate of drug-likeness (QED) is 0.742. The summed E-state index contributed by atoms with van der Waals surface area (Å²) in [6.45, 7) is 2.21. The van der Waals surface area contributed by atoms with E-state index in [1.807, 2.05) is 18.2 Å². The molecule has 2 nitrogen and oxygen atoms in total. The van der Waals surface area contributed by atoms with E-state index >= 15 is 0 Å². The molecule has 100 valence electrons. The van der Waals surface area contributed by atoms with Crippen LogP contribution >= 0.6 is 22.6 Å². The number of halogens is 1. The fraction of sp³-hybridized carbons (Fsp3) is 0.250. The molecule has 0 N–H and O–H groups in total. The van der Waals surface area contributed by atoms with Crippen LogP contribution in [0.4, 0.5) is 0 Å². The Morgan fingerprint density at radius 2 is 1.53 bits per heavy atom. The summed E-state index contributed by atoms with van der Waals surface area (Å²) < 4.78 is 11.6. The molecule has 19 heavy (non-hydrogen) atoms. The fourth-order valence-corrected chi connectivity index (χ4v) is 2.80. The third-order valence-corrected chi connectivity index (χ3v) is 4.13. The lowest BCUT2D eigenvalue weighted by atomic mass is 9.93. The Morgan fingerprint density at radius 3 is 2.05 bits per heavy atom. The van der Waals surface area contributed by atoms with E-state index in [4.69, 9.17) is 9.47 Å². The van der Waals surface area contributed by atoms with Crippen LogP contribution in [0.1, 0.15) is 24.0 Å². The van der Waals surface area contributed by atoms with E-state index < -0.39 is 0 Å². The molecule has 0 spiro atoms. The SMILES string of the molecule is COc1ccc(C(C)c2ccc(OC)c(I)c2)cc1. The number of hydrogen-bond acceptors (Lipinski definition) is 2. The molecule has 0 saturated carbocycles. The second kappa shape index (κ2) is 6.28. The standard InChI is InChI=1S/C16H17IO2/c1-11(12-4-7-14(18-2)8-5-12)13-6-9-16(19-3)15(17)10-13/h4-11H,1-3H3. The second-order valence-electron chi connectivity index (χ2n) is 4.39. The maximum Gasteiger partial charge on any atom is 0.132 e. The van der Waals surface area contributed by atoms with Gasteiger partial charge >= 0.3 is 0 Å². The topological polar surface area (TPSA) is 18.5 Å². The zero-order valence-corrected chi connectivity index (χ0v) is 13.5. The molecule has 0 saturated heterocycles. The predicted molar refractivity (Wildman–Crippen MR) is 86.2 cm³/mol. The van der Waals surface area contributed by atoms with Gasteiger partial charge in [0.2, 0.25) is 0 Å². The van der Waals surface area contributed by atoms with Crippen molar-refractivity contribution in [1.29, 1.82) is 0 Å². The maximum absolute atomic E-state index is 5.29. The summed E-state index contributed by atoms with van der Waals surface area (Å²) in [5, 5.41) is 0. The van der Waals surface area contributed by atoms with Crippen LogP contribution in [0.5, 0.6) is 11.5 Å². The molecule has 0 fully saturated rings. The van der Waals surface area contributed by atoms with Gasteiger partial charge in [0.15, 0.2) is 0 Å². The Kier molecular flexibility index (Phi) is 4.69. The third kappa shape index (κ3) is 3.21. The molecular formula is C16H17IO2. The van der Waals surface area contributed by atoms with Gasteiger partial charge in [0.05, 0.1) is 17.8 Å². The highest BCUT2D eigenvalue weighted by Crippen LogP contribution is 2.30.